The van der Waals surface area contributed by atoms with E-state index in [0.29, 0.717) is 19.0 Å². The molecule has 0 N–H and O–H groups in total. The molecule has 2 rings (SSSR count). The number of ether oxygens (including phenoxy) is 1. The summed E-state index contributed by atoms with van der Waals surface area (Å²) >= 11 is 0. The molecule has 1 aliphatic heterocycles. The van der Waals surface area contributed by atoms with Crippen LogP contribution < -0.4 is 5.46 Å². The number of nitrogens with zero attached hydrogens (tertiary/aromatic N) is 1. The van der Waals surface area contributed by atoms with Crippen LogP contribution in [0.1, 0.15) is 26.5 Å². The monoisotopic (exact) mass is 247 g/mol. The first-order valence-corrected chi connectivity index (χ1v) is 6.09. The zero-order chi connectivity index (χ0) is 13.2. The molecule has 0 bridgehead atoms. The van der Waals surface area contributed by atoms with Gasteiger partial charge in [0.2, 0.25) is 0 Å². The molecule has 0 amide bonds. The molecule has 0 radical (unpaired) electrons. The minimum atomic E-state index is -0.450. The number of rotatable bonds is 4. The van der Waals surface area contributed by atoms with Crippen LogP contribution in [0, 0.1) is 0 Å². The zero-order valence-corrected chi connectivity index (χ0v) is 11.1. The van der Waals surface area contributed by atoms with Crippen molar-refractivity contribution in [3.8, 4) is 0 Å². The first-order chi connectivity index (χ1) is 8.53. The van der Waals surface area contributed by atoms with E-state index in [9.17, 15) is 0 Å². The summed E-state index contributed by atoms with van der Waals surface area (Å²) in [4.78, 5) is 4.32. The molecular weight excluding hydrogens is 229 g/mol. The van der Waals surface area contributed by atoms with Gasteiger partial charge in [-0.15, -0.1) is 0 Å². The summed E-state index contributed by atoms with van der Waals surface area (Å²) < 4.78 is 16.7. The summed E-state index contributed by atoms with van der Waals surface area (Å²) in [5, 5.41) is 0. The summed E-state index contributed by atoms with van der Waals surface area (Å²) in [7, 11) is -0.416. The van der Waals surface area contributed by atoms with Gasteiger partial charge in [-0.25, -0.2) is 0 Å². The second kappa shape index (κ2) is 5.12. The van der Waals surface area contributed by atoms with E-state index in [2.05, 4.69) is 11.6 Å². The Balaban J connectivity index is 2.05. The molecule has 0 spiro atoms. The molecule has 5 heteroatoms. The summed E-state index contributed by atoms with van der Waals surface area (Å²) in [6.07, 6.45) is 1.76. The maximum atomic E-state index is 5.78. The van der Waals surface area contributed by atoms with Crippen LogP contribution >= 0.6 is 0 Å². The highest BCUT2D eigenvalue weighted by molar-refractivity contribution is 6.62. The van der Waals surface area contributed by atoms with Gasteiger partial charge >= 0.3 is 7.12 Å². The third-order valence-corrected chi connectivity index (χ3v) is 2.90. The van der Waals surface area contributed by atoms with Crippen molar-refractivity contribution in [2.75, 3.05) is 6.61 Å². The Morgan fingerprint density at radius 3 is 2.72 bits per heavy atom. The van der Waals surface area contributed by atoms with Crippen molar-refractivity contribution >= 4 is 12.6 Å². The molecule has 96 valence electrons. The lowest BCUT2D eigenvalue weighted by Crippen LogP contribution is -2.34. The van der Waals surface area contributed by atoms with Gasteiger partial charge in [0.15, 0.2) is 0 Å². The minimum absolute atomic E-state index is 0.416. The number of hydrogen-bond acceptors (Lipinski definition) is 4. The summed E-state index contributed by atoms with van der Waals surface area (Å²) in [6.45, 7) is 10.9. The Kier molecular flexibility index (Phi) is 3.73. The predicted octanol–water partition coefficient (Wildman–Crippen LogP) is 1.65. The number of hydrogen-bond donors (Lipinski definition) is 0. The fraction of sp³-hybridized carbons (Fsp3) is 0.462. The molecule has 1 aliphatic rings. The molecule has 4 nitrogen and oxygen atoms in total. The molecule has 1 aromatic rings. The first-order valence-electron chi connectivity index (χ1n) is 6.09. The van der Waals surface area contributed by atoms with Crippen LogP contribution in [0.5, 0.6) is 0 Å². The largest absolute Gasteiger partial charge is 0.564 e. The molecule has 0 saturated carbocycles. The minimum Gasteiger partial charge on any atom is -0.534 e. The molecule has 1 saturated heterocycles. The van der Waals surface area contributed by atoms with E-state index in [-0.39, 0.29) is 0 Å². The Morgan fingerprint density at radius 2 is 2.22 bits per heavy atom. The maximum Gasteiger partial charge on any atom is 0.564 e. The summed E-state index contributed by atoms with van der Waals surface area (Å²) in [5.41, 5.74) is 1.34. The number of aromatic nitrogens is 1. The van der Waals surface area contributed by atoms with Crippen LogP contribution in [0.15, 0.2) is 30.7 Å². The van der Waals surface area contributed by atoms with Gasteiger partial charge in [0.05, 0.1) is 18.1 Å². The van der Waals surface area contributed by atoms with E-state index in [0.717, 1.165) is 11.2 Å². The van der Waals surface area contributed by atoms with Gasteiger partial charge in [0, 0.05) is 18.3 Å². The first kappa shape index (κ1) is 13.1. The lowest BCUT2D eigenvalue weighted by Gasteiger charge is -2.15. The van der Waals surface area contributed by atoms with Gasteiger partial charge in [0.1, 0.15) is 5.60 Å². The fourth-order valence-electron chi connectivity index (χ4n) is 1.63. The average Bonchev–Trinajstić information content (AvgIpc) is 2.62. The Hall–Kier alpha value is -1.33. The van der Waals surface area contributed by atoms with Gasteiger partial charge in [0.25, 0.3) is 0 Å². The SMILES string of the molecule is C=C1OB(c2ccc(COCC)nc2)OC1(C)C. The van der Waals surface area contributed by atoms with E-state index in [1.165, 1.54) is 0 Å². The molecule has 2 heterocycles. The van der Waals surface area contributed by atoms with Crippen molar-refractivity contribution in [3.05, 3.63) is 36.4 Å². The third-order valence-electron chi connectivity index (χ3n) is 2.90. The molecule has 0 aromatic carbocycles. The van der Waals surface area contributed by atoms with Crippen LogP contribution in [0.4, 0.5) is 0 Å². The van der Waals surface area contributed by atoms with Gasteiger partial charge in [-0.1, -0.05) is 12.6 Å². The van der Waals surface area contributed by atoms with Crippen LogP contribution in [0.2, 0.25) is 0 Å². The summed E-state index contributed by atoms with van der Waals surface area (Å²) in [5.74, 6) is 0.644. The smallest absolute Gasteiger partial charge is 0.534 e. The normalized spacial score (nSPS) is 17.9. The Morgan fingerprint density at radius 1 is 1.44 bits per heavy atom. The standard InChI is InChI=1S/C13H18BNO3/c1-5-16-9-12-7-6-11(8-15-12)14-17-10(2)13(3,4)18-14/h6-8H,2,5,9H2,1,3-4H3. The lowest BCUT2D eigenvalue weighted by atomic mass is 9.80. The highest BCUT2D eigenvalue weighted by Crippen LogP contribution is 2.28. The van der Waals surface area contributed by atoms with Crippen LogP contribution in [-0.4, -0.2) is 24.3 Å². The highest BCUT2D eigenvalue weighted by Gasteiger charge is 2.42. The van der Waals surface area contributed by atoms with Gasteiger partial charge in [-0.3, -0.25) is 4.98 Å². The molecular formula is C13H18BNO3. The van der Waals surface area contributed by atoms with Crippen LogP contribution in [0.25, 0.3) is 0 Å². The van der Waals surface area contributed by atoms with Gasteiger partial charge < -0.3 is 14.0 Å². The van der Waals surface area contributed by atoms with E-state index >= 15 is 0 Å². The molecule has 0 aliphatic carbocycles. The molecule has 1 fully saturated rings. The second-order valence-corrected chi connectivity index (χ2v) is 4.72. The third kappa shape index (κ3) is 2.74. The van der Waals surface area contributed by atoms with Gasteiger partial charge in [-0.05, 0) is 26.8 Å². The quantitative estimate of drug-likeness (QED) is 0.758. The van der Waals surface area contributed by atoms with Crippen LogP contribution in [-0.2, 0) is 20.7 Å². The second-order valence-electron chi connectivity index (χ2n) is 4.72. The van der Waals surface area contributed by atoms with Crippen molar-refractivity contribution < 1.29 is 14.0 Å². The lowest BCUT2D eigenvalue weighted by molar-refractivity contribution is 0.131. The fourth-order valence-corrected chi connectivity index (χ4v) is 1.63. The van der Waals surface area contributed by atoms with E-state index in [4.69, 9.17) is 14.0 Å². The zero-order valence-electron chi connectivity index (χ0n) is 11.1. The number of pyridine rings is 1. The van der Waals surface area contributed by atoms with Crippen molar-refractivity contribution in [2.24, 2.45) is 0 Å². The van der Waals surface area contributed by atoms with Crippen LogP contribution in [0.3, 0.4) is 0 Å². The van der Waals surface area contributed by atoms with Gasteiger partial charge in [-0.2, -0.15) is 0 Å². The predicted molar refractivity (Wildman–Crippen MR) is 70.3 cm³/mol. The van der Waals surface area contributed by atoms with E-state index < -0.39 is 12.7 Å². The van der Waals surface area contributed by atoms with E-state index in [1.54, 1.807) is 6.20 Å². The van der Waals surface area contributed by atoms with Crippen molar-refractivity contribution in [1.82, 2.24) is 4.98 Å². The molecule has 0 atom stereocenters. The molecule has 0 unspecified atom stereocenters. The van der Waals surface area contributed by atoms with Crippen molar-refractivity contribution in [1.29, 1.82) is 0 Å². The van der Waals surface area contributed by atoms with E-state index in [1.807, 2.05) is 32.9 Å². The topological polar surface area (TPSA) is 40.6 Å². The van der Waals surface area contributed by atoms with Crippen molar-refractivity contribution in [3.63, 3.8) is 0 Å². The highest BCUT2D eigenvalue weighted by atomic mass is 16.7. The Labute approximate surface area is 108 Å². The average molecular weight is 247 g/mol. The van der Waals surface area contributed by atoms with Crippen molar-refractivity contribution in [2.45, 2.75) is 33.0 Å². The molecule has 18 heavy (non-hydrogen) atoms. The Bertz CT molecular complexity index is 430. The molecule has 1 aromatic heterocycles. The maximum absolute atomic E-state index is 5.78. The summed E-state index contributed by atoms with van der Waals surface area (Å²) in [6, 6.07) is 3.87.